The number of ketones is 1. The third-order valence-electron chi connectivity index (χ3n) is 6.32. The smallest absolute Gasteiger partial charge is 0.290 e. The molecule has 1 fully saturated rings. The van der Waals surface area contributed by atoms with Gasteiger partial charge in [0.25, 0.3) is 5.91 Å². The molecule has 0 saturated carbocycles. The largest absolute Gasteiger partial charge is 0.503 e. The Hall–Kier alpha value is -3.05. The van der Waals surface area contributed by atoms with Gasteiger partial charge in [0.05, 0.1) is 29.7 Å². The molecule has 2 heterocycles. The molecule has 1 amide bonds. The molecule has 1 N–H and O–H groups in total. The summed E-state index contributed by atoms with van der Waals surface area (Å²) in [7, 11) is -0.798. The Morgan fingerprint density at radius 1 is 1.03 bits per heavy atom. The molecule has 1 atom stereocenters. The van der Waals surface area contributed by atoms with E-state index >= 15 is 0 Å². The Morgan fingerprint density at radius 3 is 2.26 bits per heavy atom. The van der Waals surface area contributed by atoms with Crippen molar-refractivity contribution in [1.29, 1.82) is 0 Å². The first-order valence-electron chi connectivity index (χ1n) is 11.4. The number of rotatable bonds is 8. The van der Waals surface area contributed by atoms with Gasteiger partial charge in [0, 0.05) is 45.8 Å². The molecule has 1 saturated heterocycles. The third-order valence-corrected chi connectivity index (χ3v) is 8.15. The summed E-state index contributed by atoms with van der Waals surface area (Å²) in [6, 6.07) is 13.9. The lowest BCUT2D eigenvalue weighted by Gasteiger charge is -2.31. The van der Waals surface area contributed by atoms with Gasteiger partial charge >= 0.3 is 0 Å². The Bertz CT molecular complexity index is 1220. The minimum Gasteiger partial charge on any atom is -0.503 e. The van der Waals surface area contributed by atoms with Gasteiger partial charge in [0.2, 0.25) is 10.0 Å². The van der Waals surface area contributed by atoms with Crippen LogP contribution in [-0.4, -0.2) is 92.8 Å². The molecular formula is C25H29N3O6S. The average molecular weight is 500 g/mol. The predicted octanol–water partition coefficient (Wildman–Crippen LogP) is 1.85. The number of ether oxygens (including phenoxy) is 1. The van der Waals surface area contributed by atoms with Crippen molar-refractivity contribution >= 4 is 21.7 Å². The standard InChI is InChI=1S/C25H29N3O6S/c1-26(2)35(32,33)20-10-8-19(9-11-20)23(29)21-22(18-6-4-3-5-7-18)28(25(31)24(21)30)13-12-27-14-16-34-17-15-27/h3-11,22,30H,12-17H2,1-2H3. The van der Waals surface area contributed by atoms with Crippen molar-refractivity contribution in [2.75, 3.05) is 53.5 Å². The molecule has 186 valence electrons. The highest BCUT2D eigenvalue weighted by Crippen LogP contribution is 2.38. The second-order valence-corrected chi connectivity index (χ2v) is 10.8. The van der Waals surface area contributed by atoms with Gasteiger partial charge in [0.1, 0.15) is 0 Å². The maximum atomic E-state index is 13.5. The van der Waals surface area contributed by atoms with Crippen LogP contribution in [0.2, 0.25) is 0 Å². The Morgan fingerprint density at radius 2 is 1.66 bits per heavy atom. The van der Waals surface area contributed by atoms with Gasteiger partial charge in [-0.3, -0.25) is 14.5 Å². The number of aliphatic hydroxyl groups excluding tert-OH is 1. The second-order valence-electron chi connectivity index (χ2n) is 8.67. The number of nitrogens with zero attached hydrogens (tertiary/aromatic N) is 3. The van der Waals surface area contributed by atoms with E-state index in [-0.39, 0.29) is 16.0 Å². The fourth-order valence-electron chi connectivity index (χ4n) is 4.32. The van der Waals surface area contributed by atoms with E-state index in [1.54, 1.807) is 0 Å². The molecule has 4 rings (SSSR count). The number of aliphatic hydroxyl groups is 1. The Balaban J connectivity index is 1.65. The third kappa shape index (κ3) is 5.01. The summed E-state index contributed by atoms with van der Waals surface area (Å²) in [4.78, 5) is 30.4. The fraction of sp³-hybridized carbons (Fsp3) is 0.360. The topological polar surface area (TPSA) is 107 Å². The first-order chi connectivity index (χ1) is 16.7. The number of hydrogen-bond donors (Lipinski definition) is 1. The first kappa shape index (κ1) is 25.1. The summed E-state index contributed by atoms with van der Waals surface area (Å²) in [5.74, 6) is -1.69. The van der Waals surface area contributed by atoms with Crippen LogP contribution >= 0.6 is 0 Å². The van der Waals surface area contributed by atoms with Crippen LogP contribution in [0.1, 0.15) is 22.0 Å². The van der Waals surface area contributed by atoms with Gasteiger partial charge in [-0.25, -0.2) is 12.7 Å². The number of carbonyl (C=O) groups excluding carboxylic acids is 2. The number of morpholine rings is 1. The molecule has 2 aliphatic rings. The molecule has 2 aromatic rings. The lowest BCUT2D eigenvalue weighted by atomic mass is 9.93. The zero-order valence-electron chi connectivity index (χ0n) is 19.8. The molecule has 2 aliphatic heterocycles. The van der Waals surface area contributed by atoms with Crippen LogP contribution in [0.5, 0.6) is 0 Å². The first-order valence-corrected chi connectivity index (χ1v) is 12.8. The summed E-state index contributed by atoms with van der Waals surface area (Å²) in [6.45, 7) is 3.69. The Kier molecular flexibility index (Phi) is 7.36. The summed E-state index contributed by atoms with van der Waals surface area (Å²) >= 11 is 0. The number of Topliss-reactive ketones (excluding diaryl/α,β-unsaturated/α-hetero) is 1. The van der Waals surface area contributed by atoms with Crippen LogP contribution in [0.25, 0.3) is 0 Å². The molecular weight excluding hydrogens is 470 g/mol. The van der Waals surface area contributed by atoms with Crippen molar-refractivity contribution < 1.29 is 27.9 Å². The van der Waals surface area contributed by atoms with Crippen LogP contribution < -0.4 is 0 Å². The van der Waals surface area contributed by atoms with Gasteiger partial charge < -0.3 is 14.7 Å². The van der Waals surface area contributed by atoms with E-state index in [9.17, 15) is 23.1 Å². The van der Waals surface area contributed by atoms with E-state index < -0.39 is 33.5 Å². The SMILES string of the molecule is CN(C)S(=O)(=O)c1ccc(C(=O)C2=C(O)C(=O)N(CCN3CCOCC3)C2c2ccccc2)cc1. The average Bonchev–Trinajstić information content (AvgIpc) is 3.13. The van der Waals surface area contributed by atoms with Crippen LogP contribution in [0.15, 0.2) is 70.8 Å². The normalized spacial score (nSPS) is 19.6. The van der Waals surface area contributed by atoms with Crippen LogP contribution in [0.3, 0.4) is 0 Å². The summed E-state index contributed by atoms with van der Waals surface area (Å²) in [5, 5.41) is 10.8. The quantitative estimate of drug-likeness (QED) is 0.553. The maximum absolute atomic E-state index is 13.5. The Labute approximate surface area is 205 Å². The molecule has 2 aromatic carbocycles. The van der Waals surface area contributed by atoms with E-state index in [0.717, 1.165) is 17.4 Å². The van der Waals surface area contributed by atoms with Crippen LogP contribution in [-0.2, 0) is 19.6 Å². The zero-order valence-corrected chi connectivity index (χ0v) is 20.6. The molecule has 0 aromatic heterocycles. The number of hydrogen-bond acceptors (Lipinski definition) is 7. The van der Waals surface area contributed by atoms with Crippen molar-refractivity contribution in [2.45, 2.75) is 10.9 Å². The van der Waals surface area contributed by atoms with Crippen molar-refractivity contribution in [3.63, 3.8) is 0 Å². The van der Waals surface area contributed by atoms with Crippen molar-refractivity contribution in [1.82, 2.24) is 14.1 Å². The van der Waals surface area contributed by atoms with Crippen molar-refractivity contribution in [2.24, 2.45) is 0 Å². The van der Waals surface area contributed by atoms with Crippen LogP contribution in [0, 0.1) is 0 Å². The fourth-order valence-corrected chi connectivity index (χ4v) is 5.22. The highest BCUT2D eigenvalue weighted by atomic mass is 32.2. The monoisotopic (exact) mass is 499 g/mol. The van der Waals surface area contributed by atoms with E-state index in [0.29, 0.717) is 31.9 Å². The molecule has 35 heavy (non-hydrogen) atoms. The second kappa shape index (κ2) is 10.3. The molecule has 0 bridgehead atoms. The van der Waals surface area contributed by atoms with Gasteiger partial charge in [-0.15, -0.1) is 0 Å². The lowest BCUT2D eigenvalue weighted by Crippen LogP contribution is -2.43. The number of sulfonamides is 1. The highest BCUT2D eigenvalue weighted by molar-refractivity contribution is 7.89. The summed E-state index contributed by atoms with van der Waals surface area (Å²) in [5.41, 5.74) is 0.890. The van der Waals surface area contributed by atoms with E-state index in [2.05, 4.69) is 4.90 Å². The number of benzene rings is 2. The zero-order chi connectivity index (χ0) is 25.2. The molecule has 0 radical (unpaired) electrons. The highest BCUT2D eigenvalue weighted by Gasteiger charge is 2.43. The van der Waals surface area contributed by atoms with E-state index in [1.165, 1.54) is 43.3 Å². The molecule has 1 unspecified atom stereocenters. The molecule has 10 heteroatoms. The van der Waals surface area contributed by atoms with E-state index in [4.69, 9.17) is 4.74 Å². The van der Waals surface area contributed by atoms with E-state index in [1.807, 2.05) is 30.3 Å². The van der Waals surface area contributed by atoms with Gasteiger partial charge in [-0.05, 0) is 29.8 Å². The minimum absolute atomic E-state index is 0.00797. The lowest BCUT2D eigenvalue weighted by molar-refractivity contribution is -0.129. The predicted molar refractivity (Wildman–Crippen MR) is 129 cm³/mol. The number of amides is 1. The van der Waals surface area contributed by atoms with Crippen molar-refractivity contribution in [3.8, 4) is 0 Å². The molecule has 9 nitrogen and oxygen atoms in total. The minimum atomic E-state index is -3.65. The molecule has 0 spiro atoms. The summed E-state index contributed by atoms with van der Waals surface area (Å²) in [6.07, 6.45) is 0. The molecule has 0 aliphatic carbocycles. The van der Waals surface area contributed by atoms with Gasteiger partial charge in [-0.2, -0.15) is 0 Å². The number of carbonyl (C=O) groups is 2. The van der Waals surface area contributed by atoms with Crippen molar-refractivity contribution in [3.05, 3.63) is 77.1 Å². The van der Waals surface area contributed by atoms with Gasteiger partial charge in [0.15, 0.2) is 11.5 Å². The van der Waals surface area contributed by atoms with Crippen LogP contribution in [0.4, 0.5) is 0 Å². The summed E-state index contributed by atoms with van der Waals surface area (Å²) < 4.78 is 31.2. The van der Waals surface area contributed by atoms with Gasteiger partial charge in [-0.1, -0.05) is 30.3 Å². The maximum Gasteiger partial charge on any atom is 0.290 e.